The molecule has 0 amide bonds. The molecule has 1 fully saturated rings. The third kappa shape index (κ3) is 5.13. The summed E-state index contributed by atoms with van der Waals surface area (Å²) >= 11 is 0. The summed E-state index contributed by atoms with van der Waals surface area (Å²) < 4.78 is 23.1. The van der Waals surface area contributed by atoms with Crippen molar-refractivity contribution in [2.24, 2.45) is 5.92 Å². The fraction of sp³-hybridized carbons (Fsp3) is 1.00. The van der Waals surface area contributed by atoms with Gasteiger partial charge in [-0.05, 0) is 25.3 Å². The second-order valence-corrected chi connectivity index (χ2v) is 3.18. The van der Waals surface area contributed by atoms with Crippen molar-refractivity contribution in [3.05, 3.63) is 0 Å². The van der Waals surface area contributed by atoms with E-state index in [0.717, 1.165) is 18.9 Å². The van der Waals surface area contributed by atoms with Crippen LogP contribution in [0.15, 0.2) is 0 Å². The third-order valence-electron chi connectivity index (χ3n) is 1.96. The van der Waals surface area contributed by atoms with Gasteiger partial charge in [0.2, 0.25) is 0 Å². The first-order chi connectivity index (χ1) is 5.29. The number of alkyl halides is 2. The van der Waals surface area contributed by atoms with E-state index in [1.54, 1.807) is 0 Å². The first-order valence-corrected chi connectivity index (χ1v) is 4.28. The highest BCUT2D eigenvalue weighted by Gasteiger charge is 2.19. The van der Waals surface area contributed by atoms with Gasteiger partial charge in [-0.15, -0.1) is 0 Å². The lowest BCUT2D eigenvalue weighted by Gasteiger charge is -2.02. The topological polar surface area (TPSA) is 12.0 Å². The van der Waals surface area contributed by atoms with Crippen LogP contribution in [0.3, 0.4) is 0 Å². The molecule has 0 saturated heterocycles. The van der Waals surface area contributed by atoms with Gasteiger partial charge in [-0.25, -0.2) is 8.78 Å². The Kier molecular flexibility index (Phi) is 3.77. The molecule has 0 atom stereocenters. The van der Waals surface area contributed by atoms with Crippen LogP contribution in [0.4, 0.5) is 8.78 Å². The first kappa shape index (κ1) is 8.91. The molecule has 0 aromatic rings. The highest BCUT2D eigenvalue weighted by molar-refractivity contribution is 4.72. The maximum absolute atomic E-state index is 11.6. The van der Waals surface area contributed by atoms with Crippen LogP contribution in [0.1, 0.15) is 25.7 Å². The van der Waals surface area contributed by atoms with Crippen LogP contribution in [0.5, 0.6) is 0 Å². The Bertz CT molecular complexity index is 98.3. The summed E-state index contributed by atoms with van der Waals surface area (Å²) in [5.74, 6) is 0.920. The van der Waals surface area contributed by atoms with E-state index in [4.69, 9.17) is 0 Å². The fourth-order valence-electron chi connectivity index (χ4n) is 1.13. The van der Waals surface area contributed by atoms with Crippen molar-refractivity contribution < 1.29 is 8.78 Å². The van der Waals surface area contributed by atoms with E-state index in [-0.39, 0.29) is 6.54 Å². The van der Waals surface area contributed by atoms with Crippen LogP contribution in [-0.4, -0.2) is 19.5 Å². The minimum absolute atomic E-state index is 0.148. The zero-order valence-corrected chi connectivity index (χ0v) is 6.65. The number of rotatable bonds is 6. The van der Waals surface area contributed by atoms with Crippen LogP contribution in [0.25, 0.3) is 0 Å². The summed E-state index contributed by atoms with van der Waals surface area (Å²) in [6.45, 7) is 0.603. The molecule has 66 valence electrons. The molecule has 0 aromatic heterocycles. The van der Waals surface area contributed by atoms with Crippen molar-refractivity contribution in [1.29, 1.82) is 0 Å². The van der Waals surface area contributed by atoms with E-state index in [2.05, 4.69) is 5.32 Å². The van der Waals surface area contributed by atoms with Crippen LogP contribution in [0, 0.1) is 5.92 Å². The molecule has 1 N–H and O–H groups in total. The first-order valence-electron chi connectivity index (χ1n) is 4.28. The zero-order chi connectivity index (χ0) is 8.10. The molecular formula is C8H15F2N. The minimum atomic E-state index is -2.20. The van der Waals surface area contributed by atoms with E-state index >= 15 is 0 Å². The second-order valence-electron chi connectivity index (χ2n) is 3.18. The lowest BCUT2D eigenvalue weighted by atomic mass is 10.2. The number of hydrogen-bond donors (Lipinski definition) is 1. The van der Waals surface area contributed by atoms with Crippen molar-refractivity contribution >= 4 is 0 Å². The summed E-state index contributed by atoms with van der Waals surface area (Å²) in [6.07, 6.45) is 2.79. The van der Waals surface area contributed by atoms with E-state index in [1.807, 2.05) is 0 Å². The molecule has 0 unspecified atom stereocenters. The SMILES string of the molecule is FC(F)CNCCCC1CC1. The molecule has 1 aliphatic carbocycles. The molecule has 0 radical (unpaired) electrons. The molecule has 0 heterocycles. The predicted molar refractivity (Wildman–Crippen MR) is 40.8 cm³/mol. The summed E-state index contributed by atoms with van der Waals surface area (Å²) in [4.78, 5) is 0. The molecule has 0 aromatic carbocycles. The fourth-order valence-corrected chi connectivity index (χ4v) is 1.13. The van der Waals surface area contributed by atoms with Crippen LogP contribution in [0.2, 0.25) is 0 Å². The summed E-state index contributed by atoms with van der Waals surface area (Å²) in [6, 6.07) is 0. The van der Waals surface area contributed by atoms with Gasteiger partial charge in [0.1, 0.15) is 0 Å². The standard InChI is InChI=1S/C8H15F2N/c9-8(10)6-11-5-1-2-7-3-4-7/h7-8,11H,1-6H2. The van der Waals surface area contributed by atoms with Crippen LogP contribution >= 0.6 is 0 Å². The summed E-state index contributed by atoms with van der Waals surface area (Å²) in [7, 11) is 0. The quantitative estimate of drug-likeness (QED) is 0.591. The van der Waals surface area contributed by atoms with Gasteiger partial charge in [0.05, 0.1) is 6.54 Å². The zero-order valence-electron chi connectivity index (χ0n) is 6.65. The predicted octanol–water partition coefficient (Wildman–Crippen LogP) is 2.03. The highest BCUT2D eigenvalue weighted by atomic mass is 19.3. The lowest BCUT2D eigenvalue weighted by molar-refractivity contribution is 0.146. The molecular weight excluding hydrogens is 148 g/mol. The number of hydrogen-bond acceptors (Lipinski definition) is 1. The average molecular weight is 163 g/mol. The van der Waals surface area contributed by atoms with Gasteiger partial charge in [0.15, 0.2) is 0 Å². The Labute approximate surface area is 66.2 Å². The van der Waals surface area contributed by atoms with Gasteiger partial charge in [-0.1, -0.05) is 12.8 Å². The monoisotopic (exact) mass is 163 g/mol. The molecule has 0 bridgehead atoms. The van der Waals surface area contributed by atoms with Crippen molar-refractivity contribution in [3.8, 4) is 0 Å². The van der Waals surface area contributed by atoms with E-state index in [1.165, 1.54) is 19.3 Å². The van der Waals surface area contributed by atoms with Crippen LogP contribution in [-0.2, 0) is 0 Å². The third-order valence-corrected chi connectivity index (χ3v) is 1.96. The number of nitrogens with one attached hydrogen (secondary N) is 1. The van der Waals surface area contributed by atoms with Gasteiger partial charge in [-0.2, -0.15) is 0 Å². The molecule has 11 heavy (non-hydrogen) atoms. The van der Waals surface area contributed by atoms with Crippen molar-refractivity contribution in [2.45, 2.75) is 32.1 Å². The maximum atomic E-state index is 11.6. The van der Waals surface area contributed by atoms with Crippen LogP contribution < -0.4 is 5.32 Å². The molecule has 3 heteroatoms. The van der Waals surface area contributed by atoms with Gasteiger partial charge in [-0.3, -0.25) is 0 Å². The molecule has 0 aliphatic heterocycles. The van der Waals surface area contributed by atoms with E-state index in [0.29, 0.717) is 0 Å². The maximum Gasteiger partial charge on any atom is 0.250 e. The molecule has 1 nitrogen and oxygen atoms in total. The highest BCUT2D eigenvalue weighted by Crippen LogP contribution is 2.33. The van der Waals surface area contributed by atoms with Crippen molar-refractivity contribution in [1.82, 2.24) is 5.32 Å². The molecule has 0 spiro atoms. The Hall–Kier alpha value is -0.180. The molecule has 1 aliphatic rings. The summed E-state index contributed by atoms with van der Waals surface area (Å²) in [5, 5.41) is 2.72. The number of halogens is 2. The molecule has 1 saturated carbocycles. The Morgan fingerprint density at radius 2 is 2.09 bits per heavy atom. The van der Waals surface area contributed by atoms with Gasteiger partial charge >= 0.3 is 0 Å². The smallest absolute Gasteiger partial charge is 0.250 e. The summed E-state index contributed by atoms with van der Waals surface area (Å²) in [5.41, 5.74) is 0. The molecule has 1 rings (SSSR count). The average Bonchev–Trinajstić information content (AvgIpc) is 2.70. The Morgan fingerprint density at radius 3 is 2.64 bits per heavy atom. The Balaban J connectivity index is 1.73. The largest absolute Gasteiger partial charge is 0.311 e. The van der Waals surface area contributed by atoms with Crippen molar-refractivity contribution in [2.75, 3.05) is 13.1 Å². The normalized spacial score (nSPS) is 17.7. The second kappa shape index (κ2) is 4.65. The van der Waals surface area contributed by atoms with Gasteiger partial charge in [0, 0.05) is 0 Å². The van der Waals surface area contributed by atoms with Crippen molar-refractivity contribution in [3.63, 3.8) is 0 Å². The van der Waals surface area contributed by atoms with E-state index in [9.17, 15) is 8.78 Å². The lowest BCUT2D eigenvalue weighted by Crippen LogP contribution is -2.22. The Morgan fingerprint density at radius 1 is 1.36 bits per heavy atom. The minimum Gasteiger partial charge on any atom is -0.311 e. The van der Waals surface area contributed by atoms with E-state index < -0.39 is 6.43 Å². The van der Waals surface area contributed by atoms with Gasteiger partial charge < -0.3 is 5.32 Å². The van der Waals surface area contributed by atoms with Gasteiger partial charge in [0.25, 0.3) is 6.43 Å².